The maximum absolute atomic E-state index is 9.73. The van der Waals surface area contributed by atoms with Crippen molar-refractivity contribution in [1.29, 1.82) is 0 Å². The molecule has 2 nitrogen and oxygen atoms in total. The molecule has 1 aliphatic rings. The molecule has 0 saturated heterocycles. The topological polar surface area (TPSA) is 23.5 Å². The van der Waals surface area contributed by atoms with Crippen LogP contribution in [0.3, 0.4) is 0 Å². The predicted octanol–water partition coefficient (Wildman–Crippen LogP) is 3.06. The summed E-state index contributed by atoms with van der Waals surface area (Å²) in [7, 11) is 2.17. The molecule has 0 radical (unpaired) electrons. The van der Waals surface area contributed by atoms with Crippen LogP contribution in [-0.4, -0.2) is 30.2 Å². The van der Waals surface area contributed by atoms with E-state index in [0.717, 1.165) is 13.1 Å². The van der Waals surface area contributed by atoms with Crippen molar-refractivity contribution in [3.05, 3.63) is 35.9 Å². The third-order valence-corrected chi connectivity index (χ3v) is 4.15. The van der Waals surface area contributed by atoms with Crippen LogP contribution in [0.1, 0.15) is 37.7 Å². The number of hydrogen-bond donors (Lipinski definition) is 1. The zero-order valence-corrected chi connectivity index (χ0v) is 11.4. The summed E-state index contributed by atoms with van der Waals surface area (Å²) in [5.74, 6) is 0. The van der Waals surface area contributed by atoms with Crippen LogP contribution >= 0.6 is 0 Å². The fourth-order valence-electron chi connectivity index (χ4n) is 3.19. The summed E-state index contributed by atoms with van der Waals surface area (Å²) in [6, 6.07) is 10.6. The first-order valence-corrected chi connectivity index (χ1v) is 7.07. The third kappa shape index (κ3) is 3.56. The van der Waals surface area contributed by atoms with Crippen LogP contribution in [0.2, 0.25) is 0 Å². The van der Waals surface area contributed by atoms with Crippen molar-refractivity contribution in [3.8, 4) is 0 Å². The zero-order chi connectivity index (χ0) is 12.8. The highest BCUT2D eigenvalue weighted by Crippen LogP contribution is 2.36. The van der Waals surface area contributed by atoms with Crippen LogP contribution < -0.4 is 0 Å². The lowest BCUT2D eigenvalue weighted by atomic mass is 9.74. The second-order valence-corrected chi connectivity index (χ2v) is 5.88. The molecule has 1 fully saturated rings. The fourth-order valence-corrected chi connectivity index (χ4v) is 3.19. The Kier molecular flexibility index (Phi) is 4.79. The van der Waals surface area contributed by atoms with Gasteiger partial charge in [-0.25, -0.2) is 0 Å². The van der Waals surface area contributed by atoms with E-state index in [-0.39, 0.29) is 5.41 Å². The molecule has 1 N–H and O–H groups in total. The molecule has 0 unspecified atom stereocenters. The SMILES string of the molecule is CN(Cc1ccccc1)CC1(CO)CCCCC1. The van der Waals surface area contributed by atoms with Crippen molar-refractivity contribution >= 4 is 0 Å². The lowest BCUT2D eigenvalue weighted by molar-refractivity contribution is 0.0464. The molecule has 0 aliphatic heterocycles. The summed E-state index contributed by atoms with van der Waals surface area (Å²) in [5.41, 5.74) is 1.51. The van der Waals surface area contributed by atoms with E-state index in [9.17, 15) is 5.11 Å². The number of aliphatic hydroxyl groups excluding tert-OH is 1. The average molecular weight is 247 g/mol. The molecule has 0 heterocycles. The third-order valence-electron chi connectivity index (χ3n) is 4.15. The standard InChI is InChI=1S/C16H25NO/c1-17(12-15-8-4-2-5-9-15)13-16(14-18)10-6-3-7-11-16/h2,4-5,8-9,18H,3,6-7,10-14H2,1H3. The van der Waals surface area contributed by atoms with Crippen molar-refractivity contribution in [2.45, 2.75) is 38.6 Å². The lowest BCUT2D eigenvalue weighted by Crippen LogP contribution is -2.39. The maximum Gasteiger partial charge on any atom is 0.0499 e. The molecular weight excluding hydrogens is 222 g/mol. The Morgan fingerprint density at radius 3 is 2.39 bits per heavy atom. The van der Waals surface area contributed by atoms with Gasteiger partial charge in [0.15, 0.2) is 0 Å². The Morgan fingerprint density at radius 2 is 1.78 bits per heavy atom. The minimum atomic E-state index is 0.155. The first-order valence-electron chi connectivity index (χ1n) is 7.07. The maximum atomic E-state index is 9.73. The van der Waals surface area contributed by atoms with E-state index in [2.05, 4.69) is 42.3 Å². The monoisotopic (exact) mass is 247 g/mol. The van der Waals surface area contributed by atoms with Gasteiger partial charge in [-0.1, -0.05) is 49.6 Å². The van der Waals surface area contributed by atoms with Gasteiger partial charge in [0.1, 0.15) is 0 Å². The molecule has 0 amide bonds. The van der Waals surface area contributed by atoms with Crippen LogP contribution in [0.5, 0.6) is 0 Å². The average Bonchev–Trinajstić information content (AvgIpc) is 2.41. The van der Waals surface area contributed by atoms with E-state index in [1.54, 1.807) is 0 Å². The van der Waals surface area contributed by atoms with E-state index in [1.165, 1.54) is 37.7 Å². The highest BCUT2D eigenvalue weighted by molar-refractivity contribution is 5.14. The highest BCUT2D eigenvalue weighted by Gasteiger charge is 2.32. The molecule has 2 rings (SSSR count). The number of rotatable bonds is 5. The molecule has 100 valence electrons. The Bertz CT molecular complexity index is 343. The van der Waals surface area contributed by atoms with E-state index < -0.39 is 0 Å². The van der Waals surface area contributed by atoms with Gasteiger partial charge < -0.3 is 10.0 Å². The molecular formula is C16H25NO. The molecule has 1 aliphatic carbocycles. The first-order chi connectivity index (χ1) is 8.74. The largest absolute Gasteiger partial charge is 0.396 e. The summed E-state index contributed by atoms with van der Waals surface area (Å²) in [4.78, 5) is 2.36. The second-order valence-electron chi connectivity index (χ2n) is 5.88. The van der Waals surface area contributed by atoms with Gasteiger partial charge in [-0.2, -0.15) is 0 Å². The van der Waals surface area contributed by atoms with E-state index in [0.29, 0.717) is 6.61 Å². The molecule has 1 aromatic rings. The molecule has 2 heteroatoms. The molecule has 1 saturated carbocycles. The smallest absolute Gasteiger partial charge is 0.0499 e. The number of nitrogens with zero attached hydrogens (tertiary/aromatic N) is 1. The first kappa shape index (κ1) is 13.6. The van der Waals surface area contributed by atoms with Gasteiger partial charge in [0.05, 0.1) is 0 Å². The van der Waals surface area contributed by atoms with Crippen LogP contribution in [0, 0.1) is 5.41 Å². The van der Waals surface area contributed by atoms with Crippen molar-refractivity contribution in [2.24, 2.45) is 5.41 Å². The zero-order valence-electron chi connectivity index (χ0n) is 11.4. The summed E-state index contributed by atoms with van der Waals surface area (Å²) < 4.78 is 0. The van der Waals surface area contributed by atoms with Gasteiger partial charge in [0, 0.05) is 25.1 Å². The van der Waals surface area contributed by atoms with Gasteiger partial charge in [-0.3, -0.25) is 0 Å². The Labute approximate surface area is 111 Å². The van der Waals surface area contributed by atoms with Crippen molar-refractivity contribution in [2.75, 3.05) is 20.2 Å². The quantitative estimate of drug-likeness (QED) is 0.864. The van der Waals surface area contributed by atoms with E-state index >= 15 is 0 Å². The van der Waals surface area contributed by atoms with Crippen LogP contribution in [0.4, 0.5) is 0 Å². The van der Waals surface area contributed by atoms with Crippen molar-refractivity contribution in [1.82, 2.24) is 4.90 Å². The number of aliphatic hydroxyl groups is 1. The van der Waals surface area contributed by atoms with Gasteiger partial charge in [-0.15, -0.1) is 0 Å². The van der Waals surface area contributed by atoms with Gasteiger partial charge in [-0.05, 0) is 25.5 Å². The summed E-state index contributed by atoms with van der Waals surface area (Å²) in [6.45, 7) is 2.33. The molecule has 18 heavy (non-hydrogen) atoms. The number of benzene rings is 1. The van der Waals surface area contributed by atoms with Crippen molar-refractivity contribution in [3.63, 3.8) is 0 Å². The van der Waals surface area contributed by atoms with E-state index in [1.807, 2.05) is 0 Å². The normalized spacial score (nSPS) is 19.1. The van der Waals surface area contributed by atoms with Crippen LogP contribution in [0.15, 0.2) is 30.3 Å². The van der Waals surface area contributed by atoms with Crippen LogP contribution in [0.25, 0.3) is 0 Å². The molecule has 1 aromatic carbocycles. The summed E-state index contributed by atoms with van der Waals surface area (Å²) in [6.07, 6.45) is 6.26. The van der Waals surface area contributed by atoms with Gasteiger partial charge in [0.2, 0.25) is 0 Å². The van der Waals surface area contributed by atoms with Gasteiger partial charge >= 0.3 is 0 Å². The molecule has 0 atom stereocenters. The predicted molar refractivity (Wildman–Crippen MR) is 75.4 cm³/mol. The van der Waals surface area contributed by atoms with Gasteiger partial charge in [0.25, 0.3) is 0 Å². The minimum Gasteiger partial charge on any atom is -0.396 e. The molecule has 0 spiro atoms. The number of hydrogen-bond acceptors (Lipinski definition) is 2. The highest BCUT2D eigenvalue weighted by atomic mass is 16.3. The Morgan fingerprint density at radius 1 is 1.11 bits per heavy atom. The van der Waals surface area contributed by atoms with Crippen molar-refractivity contribution < 1.29 is 5.11 Å². The lowest BCUT2D eigenvalue weighted by Gasteiger charge is -2.38. The Hall–Kier alpha value is -0.860. The second kappa shape index (κ2) is 6.35. The Balaban J connectivity index is 1.91. The summed E-state index contributed by atoms with van der Waals surface area (Å²) in [5, 5.41) is 9.73. The summed E-state index contributed by atoms with van der Waals surface area (Å²) >= 11 is 0. The molecule has 0 aromatic heterocycles. The fraction of sp³-hybridized carbons (Fsp3) is 0.625. The minimum absolute atomic E-state index is 0.155. The van der Waals surface area contributed by atoms with Crippen LogP contribution in [-0.2, 0) is 6.54 Å². The van der Waals surface area contributed by atoms with E-state index in [4.69, 9.17) is 0 Å². The molecule has 0 bridgehead atoms.